The molecule has 146 valence electrons. The van der Waals surface area contributed by atoms with Crippen molar-refractivity contribution >= 4 is 16.9 Å². The van der Waals surface area contributed by atoms with Gasteiger partial charge in [0.1, 0.15) is 17.1 Å². The number of carbonyl (C=O) groups excluding carboxylic acids is 1. The van der Waals surface area contributed by atoms with Gasteiger partial charge in [0.2, 0.25) is 5.88 Å². The molecule has 1 amide bonds. The Balaban J connectivity index is 1.42. The van der Waals surface area contributed by atoms with Crippen molar-refractivity contribution in [3.05, 3.63) is 89.1 Å². The van der Waals surface area contributed by atoms with E-state index in [2.05, 4.69) is 10.3 Å². The van der Waals surface area contributed by atoms with Crippen LogP contribution in [0.3, 0.4) is 0 Å². The summed E-state index contributed by atoms with van der Waals surface area (Å²) in [5, 5.41) is 3.79. The number of aromatic nitrogens is 1. The molecule has 0 radical (unpaired) electrons. The van der Waals surface area contributed by atoms with Crippen LogP contribution in [0.4, 0.5) is 4.39 Å². The highest BCUT2D eigenvalue weighted by Gasteiger charge is 2.18. The van der Waals surface area contributed by atoms with Gasteiger partial charge < -0.3 is 14.5 Å². The first-order chi connectivity index (χ1) is 14.0. The highest BCUT2D eigenvalue weighted by molar-refractivity contribution is 5.99. The Hall–Kier alpha value is -3.67. The van der Waals surface area contributed by atoms with E-state index in [0.717, 1.165) is 27.7 Å². The number of amides is 1. The molecule has 0 unspecified atom stereocenters. The van der Waals surface area contributed by atoms with Gasteiger partial charge in [0.25, 0.3) is 5.91 Å². The number of aryl methyl sites for hydroxylation is 2. The first-order valence-electron chi connectivity index (χ1n) is 9.16. The monoisotopic (exact) mass is 390 g/mol. The van der Waals surface area contributed by atoms with Gasteiger partial charge in [-0.15, -0.1) is 0 Å². The number of pyridine rings is 1. The Morgan fingerprint density at radius 2 is 1.97 bits per heavy atom. The number of nitrogens with one attached hydrogen (secondary N) is 1. The van der Waals surface area contributed by atoms with Crippen molar-refractivity contribution in [2.24, 2.45) is 0 Å². The van der Waals surface area contributed by atoms with Gasteiger partial charge in [0.05, 0.1) is 0 Å². The molecule has 29 heavy (non-hydrogen) atoms. The molecule has 0 spiro atoms. The van der Waals surface area contributed by atoms with E-state index in [9.17, 15) is 9.18 Å². The van der Waals surface area contributed by atoms with Crippen LogP contribution in [-0.2, 0) is 6.54 Å². The fourth-order valence-corrected chi connectivity index (χ4v) is 3.09. The molecule has 1 N–H and O–H groups in total. The minimum absolute atomic E-state index is 0.279. The fourth-order valence-electron chi connectivity index (χ4n) is 3.09. The maximum absolute atomic E-state index is 13.2. The van der Waals surface area contributed by atoms with E-state index in [4.69, 9.17) is 9.15 Å². The molecule has 6 heteroatoms. The van der Waals surface area contributed by atoms with Crippen molar-refractivity contribution in [3.8, 4) is 11.6 Å². The van der Waals surface area contributed by atoms with Crippen LogP contribution >= 0.6 is 0 Å². The summed E-state index contributed by atoms with van der Waals surface area (Å²) < 4.78 is 24.5. The predicted octanol–water partition coefficient (Wildman–Crippen LogP) is 5.31. The zero-order valence-corrected chi connectivity index (χ0v) is 16.0. The smallest absolute Gasteiger partial charge is 0.287 e. The standard InChI is InChI=1S/C23H19FN2O3/c1-14-5-3-8-19-15(2)22(29-21(14)19)23(27)26-13-16-9-10-20(25-12-16)28-18-7-4-6-17(24)11-18/h3-12H,13H2,1-2H3,(H,26,27). The van der Waals surface area contributed by atoms with Crippen LogP contribution in [0, 0.1) is 19.7 Å². The summed E-state index contributed by atoms with van der Waals surface area (Å²) in [5.74, 6) is 0.368. The summed E-state index contributed by atoms with van der Waals surface area (Å²) >= 11 is 0. The number of benzene rings is 2. The summed E-state index contributed by atoms with van der Waals surface area (Å²) in [7, 11) is 0. The lowest BCUT2D eigenvalue weighted by molar-refractivity contribution is 0.0924. The van der Waals surface area contributed by atoms with E-state index in [-0.39, 0.29) is 11.7 Å². The molecule has 0 aliphatic carbocycles. The molecule has 4 rings (SSSR count). The highest BCUT2D eigenvalue weighted by Crippen LogP contribution is 2.27. The number of hydrogen-bond donors (Lipinski definition) is 1. The van der Waals surface area contributed by atoms with Crippen LogP contribution in [0.2, 0.25) is 0 Å². The maximum atomic E-state index is 13.2. The van der Waals surface area contributed by atoms with Crippen LogP contribution in [-0.4, -0.2) is 10.9 Å². The zero-order valence-electron chi connectivity index (χ0n) is 16.0. The van der Waals surface area contributed by atoms with Gasteiger partial charge in [-0.1, -0.05) is 30.3 Å². The molecule has 0 aliphatic heterocycles. The first kappa shape index (κ1) is 18.7. The number of hydrogen-bond acceptors (Lipinski definition) is 4. The van der Waals surface area contributed by atoms with Crippen LogP contribution in [0.1, 0.15) is 27.2 Å². The largest absolute Gasteiger partial charge is 0.450 e. The molecule has 0 saturated heterocycles. The van der Waals surface area contributed by atoms with Crippen molar-refractivity contribution < 1.29 is 18.3 Å². The summed E-state index contributed by atoms with van der Waals surface area (Å²) in [6.07, 6.45) is 1.60. The Labute approximate surface area is 167 Å². The second-order valence-corrected chi connectivity index (χ2v) is 6.75. The number of fused-ring (bicyclic) bond motifs is 1. The number of rotatable bonds is 5. The van der Waals surface area contributed by atoms with Crippen LogP contribution in [0.25, 0.3) is 11.0 Å². The molecule has 0 atom stereocenters. The molecular formula is C23H19FN2O3. The van der Waals surface area contributed by atoms with E-state index >= 15 is 0 Å². The molecular weight excluding hydrogens is 371 g/mol. The molecule has 2 aromatic carbocycles. The van der Waals surface area contributed by atoms with Gasteiger partial charge >= 0.3 is 0 Å². The number of ether oxygens (including phenoxy) is 1. The summed E-state index contributed by atoms with van der Waals surface area (Å²) in [6, 6.07) is 15.1. The summed E-state index contributed by atoms with van der Waals surface area (Å²) in [6.45, 7) is 4.12. The van der Waals surface area contributed by atoms with E-state index < -0.39 is 0 Å². The minimum Gasteiger partial charge on any atom is -0.450 e. The fraction of sp³-hybridized carbons (Fsp3) is 0.130. The minimum atomic E-state index is -0.377. The van der Waals surface area contributed by atoms with Gasteiger partial charge in [-0.05, 0) is 37.1 Å². The molecule has 0 fully saturated rings. The summed E-state index contributed by atoms with van der Waals surface area (Å²) in [5.41, 5.74) is 3.34. The van der Waals surface area contributed by atoms with Gasteiger partial charge in [0, 0.05) is 35.8 Å². The Bertz CT molecular complexity index is 1180. The van der Waals surface area contributed by atoms with Crippen molar-refractivity contribution in [2.75, 3.05) is 0 Å². The number of furan rings is 1. The number of nitrogens with zero attached hydrogens (tertiary/aromatic N) is 1. The van der Waals surface area contributed by atoms with Crippen molar-refractivity contribution in [3.63, 3.8) is 0 Å². The average Bonchev–Trinajstić information content (AvgIpc) is 3.05. The third-order valence-electron chi connectivity index (χ3n) is 4.64. The lowest BCUT2D eigenvalue weighted by Crippen LogP contribution is -2.23. The third kappa shape index (κ3) is 3.96. The maximum Gasteiger partial charge on any atom is 0.287 e. The van der Waals surface area contributed by atoms with Gasteiger partial charge in [-0.25, -0.2) is 9.37 Å². The lowest BCUT2D eigenvalue weighted by Gasteiger charge is -2.07. The number of para-hydroxylation sites is 1. The van der Waals surface area contributed by atoms with Crippen molar-refractivity contribution in [1.82, 2.24) is 10.3 Å². The molecule has 2 aromatic heterocycles. The second-order valence-electron chi connectivity index (χ2n) is 6.75. The van der Waals surface area contributed by atoms with Crippen molar-refractivity contribution in [1.29, 1.82) is 0 Å². The normalized spacial score (nSPS) is 10.9. The van der Waals surface area contributed by atoms with Crippen LogP contribution in [0.15, 0.2) is 65.2 Å². The van der Waals surface area contributed by atoms with Crippen molar-refractivity contribution in [2.45, 2.75) is 20.4 Å². The van der Waals surface area contributed by atoms with Gasteiger partial charge in [0.15, 0.2) is 5.76 Å². The highest BCUT2D eigenvalue weighted by atomic mass is 19.1. The van der Waals surface area contributed by atoms with E-state index in [1.54, 1.807) is 30.5 Å². The Morgan fingerprint density at radius 1 is 1.14 bits per heavy atom. The predicted molar refractivity (Wildman–Crippen MR) is 108 cm³/mol. The summed E-state index contributed by atoms with van der Waals surface area (Å²) in [4.78, 5) is 16.8. The second kappa shape index (κ2) is 7.75. The number of carbonyl (C=O) groups is 1. The molecule has 0 saturated carbocycles. The molecule has 4 aromatic rings. The van der Waals surface area contributed by atoms with Crippen LogP contribution in [0.5, 0.6) is 11.6 Å². The van der Waals surface area contributed by atoms with Gasteiger partial charge in [-0.2, -0.15) is 0 Å². The van der Waals surface area contributed by atoms with Gasteiger partial charge in [-0.3, -0.25) is 4.79 Å². The van der Waals surface area contributed by atoms with Crippen LogP contribution < -0.4 is 10.1 Å². The zero-order chi connectivity index (χ0) is 20.4. The number of halogens is 1. The lowest BCUT2D eigenvalue weighted by atomic mass is 10.1. The first-order valence-corrected chi connectivity index (χ1v) is 9.16. The quantitative estimate of drug-likeness (QED) is 0.502. The Kier molecular flexibility index (Phi) is 4.99. The van der Waals surface area contributed by atoms with E-state index in [0.29, 0.717) is 23.9 Å². The molecule has 0 bridgehead atoms. The molecule has 0 aliphatic rings. The van der Waals surface area contributed by atoms with E-state index in [1.165, 1.54) is 12.1 Å². The SMILES string of the molecule is Cc1c(C(=O)NCc2ccc(Oc3cccc(F)c3)nc2)oc2c(C)cccc12. The average molecular weight is 390 g/mol. The molecule has 5 nitrogen and oxygen atoms in total. The Morgan fingerprint density at radius 3 is 2.69 bits per heavy atom. The topological polar surface area (TPSA) is 64.4 Å². The van der Waals surface area contributed by atoms with E-state index in [1.807, 2.05) is 32.0 Å². The third-order valence-corrected chi connectivity index (χ3v) is 4.64. The molecule has 2 heterocycles.